The van der Waals surface area contributed by atoms with E-state index in [1.54, 1.807) is 0 Å². The predicted octanol–water partition coefficient (Wildman–Crippen LogP) is 3.97. The fourth-order valence-corrected chi connectivity index (χ4v) is 5.32. The summed E-state index contributed by atoms with van der Waals surface area (Å²) in [6, 6.07) is 17.7. The molecule has 1 aromatic heterocycles. The van der Waals surface area contributed by atoms with Crippen LogP contribution in [0.25, 0.3) is 5.69 Å². The van der Waals surface area contributed by atoms with Crippen molar-refractivity contribution < 1.29 is 14.3 Å². The molecular weight excluding hydrogens is 460 g/mol. The van der Waals surface area contributed by atoms with E-state index in [2.05, 4.69) is 22.3 Å². The highest BCUT2D eigenvalue weighted by Crippen LogP contribution is 2.32. The molecule has 1 amide bonds. The number of nitrogens with zero attached hydrogens (tertiary/aromatic N) is 4. The molecule has 0 aliphatic carbocycles. The van der Waals surface area contributed by atoms with Gasteiger partial charge in [0.1, 0.15) is 5.82 Å². The molecule has 2 fully saturated rings. The van der Waals surface area contributed by atoms with Crippen molar-refractivity contribution in [1.82, 2.24) is 19.7 Å². The van der Waals surface area contributed by atoms with Crippen LogP contribution in [0.15, 0.2) is 59.8 Å². The number of halogens is 1. The molecule has 0 N–H and O–H groups in total. The van der Waals surface area contributed by atoms with E-state index < -0.39 is 5.79 Å². The Bertz CT molecular complexity index is 1110. The zero-order chi connectivity index (χ0) is 22.7. The minimum atomic E-state index is -0.483. The van der Waals surface area contributed by atoms with Crippen LogP contribution in [-0.4, -0.2) is 63.4 Å². The van der Waals surface area contributed by atoms with Gasteiger partial charge in [0, 0.05) is 37.4 Å². The maximum absolute atomic E-state index is 12.9. The summed E-state index contributed by atoms with van der Waals surface area (Å²) in [6.45, 7) is 2.54. The molecule has 0 saturated carbocycles. The number of ether oxygens (including phenoxy) is 2. The zero-order valence-electron chi connectivity index (χ0n) is 18.2. The van der Waals surface area contributed by atoms with Gasteiger partial charge in [0.2, 0.25) is 5.91 Å². The van der Waals surface area contributed by atoms with Crippen LogP contribution < -0.4 is 0 Å². The molecule has 0 bridgehead atoms. The Kier molecular flexibility index (Phi) is 6.69. The van der Waals surface area contributed by atoms with Gasteiger partial charge in [-0.15, -0.1) is 10.2 Å². The molecule has 2 aliphatic heterocycles. The molecule has 0 radical (unpaired) electrons. The maximum Gasteiger partial charge on any atom is 0.233 e. The van der Waals surface area contributed by atoms with Gasteiger partial charge in [-0.3, -0.25) is 9.36 Å². The van der Waals surface area contributed by atoms with Crippen molar-refractivity contribution in [3.63, 3.8) is 0 Å². The van der Waals surface area contributed by atoms with E-state index >= 15 is 0 Å². The summed E-state index contributed by atoms with van der Waals surface area (Å²) in [6.07, 6.45) is 2.05. The van der Waals surface area contributed by atoms with Gasteiger partial charge in [-0.2, -0.15) is 0 Å². The molecule has 172 valence electrons. The highest BCUT2D eigenvalue weighted by molar-refractivity contribution is 7.99. The Morgan fingerprint density at radius 3 is 2.52 bits per heavy atom. The third-order valence-corrected chi connectivity index (χ3v) is 7.14. The van der Waals surface area contributed by atoms with Gasteiger partial charge in [-0.25, -0.2) is 0 Å². The van der Waals surface area contributed by atoms with E-state index in [0.29, 0.717) is 61.5 Å². The van der Waals surface area contributed by atoms with Crippen LogP contribution in [0.1, 0.15) is 24.2 Å². The Labute approximate surface area is 202 Å². The Balaban J connectivity index is 1.31. The van der Waals surface area contributed by atoms with E-state index in [9.17, 15) is 4.79 Å². The Morgan fingerprint density at radius 1 is 1.03 bits per heavy atom. The summed E-state index contributed by atoms with van der Waals surface area (Å²) >= 11 is 7.66. The average Bonchev–Trinajstić information content (AvgIpc) is 3.46. The maximum atomic E-state index is 12.9. The van der Waals surface area contributed by atoms with Gasteiger partial charge >= 0.3 is 0 Å². The fourth-order valence-electron chi connectivity index (χ4n) is 4.26. The summed E-state index contributed by atoms with van der Waals surface area (Å²) in [5, 5.41) is 10.2. The highest BCUT2D eigenvalue weighted by atomic mass is 35.5. The number of rotatable bonds is 6. The highest BCUT2D eigenvalue weighted by Gasteiger charge is 2.40. The lowest BCUT2D eigenvalue weighted by Gasteiger charge is -2.37. The van der Waals surface area contributed by atoms with Crippen LogP contribution in [-0.2, 0) is 20.7 Å². The number of amides is 1. The zero-order valence-corrected chi connectivity index (χ0v) is 19.7. The molecule has 1 spiro atoms. The lowest BCUT2D eigenvalue weighted by atomic mass is 10.0. The van der Waals surface area contributed by atoms with Gasteiger partial charge in [0.15, 0.2) is 10.9 Å². The lowest BCUT2D eigenvalue weighted by Crippen LogP contribution is -2.47. The third-order valence-electron chi connectivity index (χ3n) is 5.99. The van der Waals surface area contributed by atoms with Crippen molar-refractivity contribution in [2.75, 3.05) is 32.1 Å². The average molecular weight is 485 g/mol. The number of hydrogen-bond donors (Lipinski definition) is 0. The van der Waals surface area contributed by atoms with Crippen molar-refractivity contribution in [3.8, 4) is 5.69 Å². The van der Waals surface area contributed by atoms with E-state index in [1.165, 1.54) is 11.8 Å². The molecule has 2 aliphatic rings. The standard InChI is InChI=1S/C24H25ClN4O3S/c25-19-7-4-8-20(16-19)29-21(15-18-5-2-1-3-6-18)26-27-23(29)33-17-22(30)28-11-9-24(10-12-28)31-13-14-32-24/h1-8,16H,9-15,17H2. The van der Waals surface area contributed by atoms with Crippen molar-refractivity contribution in [2.24, 2.45) is 0 Å². The summed E-state index contributed by atoms with van der Waals surface area (Å²) < 4.78 is 13.5. The Hall–Kier alpha value is -2.39. The molecule has 7 nitrogen and oxygen atoms in total. The van der Waals surface area contributed by atoms with Crippen molar-refractivity contribution in [3.05, 3.63) is 71.0 Å². The summed E-state index contributed by atoms with van der Waals surface area (Å²) in [5.41, 5.74) is 2.02. The second-order valence-corrected chi connectivity index (χ2v) is 9.53. The monoisotopic (exact) mass is 484 g/mol. The van der Waals surface area contributed by atoms with Crippen molar-refractivity contribution in [1.29, 1.82) is 0 Å². The van der Waals surface area contributed by atoms with Crippen molar-refractivity contribution in [2.45, 2.75) is 30.2 Å². The van der Waals surface area contributed by atoms with Crippen LogP contribution in [0.4, 0.5) is 0 Å². The first kappa shape index (κ1) is 22.4. The molecular formula is C24H25ClN4O3S. The van der Waals surface area contributed by atoms with Crippen LogP contribution in [0.5, 0.6) is 0 Å². The Morgan fingerprint density at radius 2 is 1.79 bits per heavy atom. The first-order chi connectivity index (χ1) is 16.1. The van der Waals surface area contributed by atoms with Gasteiger partial charge in [-0.1, -0.05) is 59.8 Å². The number of hydrogen-bond acceptors (Lipinski definition) is 6. The molecule has 0 atom stereocenters. The van der Waals surface area contributed by atoms with Crippen LogP contribution >= 0.6 is 23.4 Å². The second kappa shape index (κ2) is 9.85. The molecule has 2 saturated heterocycles. The fraction of sp³-hybridized carbons (Fsp3) is 0.375. The van der Waals surface area contributed by atoms with E-state index in [4.69, 9.17) is 21.1 Å². The van der Waals surface area contributed by atoms with Gasteiger partial charge in [-0.05, 0) is 23.8 Å². The topological polar surface area (TPSA) is 69.5 Å². The quantitative estimate of drug-likeness (QED) is 0.493. The second-order valence-electron chi connectivity index (χ2n) is 8.15. The van der Waals surface area contributed by atoms with E-state index in [-0.39, 0.29) is 5.91 Å². The number of piperidine rings is 1. The first-order valence-corrected chi connectivity index (χ1v) is 12.4. The van der Waals surface area contributed by atoms with E-state index in [1.807, 2.05) is 51.9 Å². The molecule has 3 heterocycles. The molecule has 9 heteroatoms. The molecule has 33 heavy (non-hydrogen) atoms. The van der Waals surface area contributed by atoms with E-state index in [0.717, 1.165) is 17.1 Å². The number of thioether (sulfide) groups is 1. The number of likely N-dealkylation sites (tertiary alicyclic amines) is 1. The number of benzene rings is 2. The summed E-state index contributed by atoms with van der Waals surface area (Å²) in [5.74, 6) is 0.689. The van der Waals surface area contributed by atoms with Crippen LogP contribution in [0, 0.1) is 0 Å². The largest absolute Gasteiger partial charge is 0.347 e. The lowest BCUT2D eigenvalue weighted by molar-refractivity contribution is -0.186. The SMILES string of the molecule is O=C(CSc1nnc(Cc2ccccc2)n1-c1cccc(Cl)c1)N1CCC2(CC1)OCCO2. The van der Waals surface area contributed by atoms with Gasteiger partial charge in [0.05, 0.1) is 24.7 Å². The minimum absolute atomic E-state index is 0.0816. The molecule has 2 aromatic carbocycles. The minimum Gasteiger partial charge on any atom is -0.347 e. The first-order valence-electron chi connectivity index (χ1n) is 11.0. The van der Waals surface area contributed by atoms with Crippen LogP contribution in [0.2, 0.25) is 5.02 Å². The molecule has 5 rings (SSSR count). The summed E-state index contributed by atoms with van der Waals surface area (Å²) in [7, 11) is 0. The third kappa shape index (κ3) is 5.09. The van der Waals surface area contributed by atoms with Crippen LogP contribution in [0.3, 0.4) is 0 Å². The smallest absolute Gasteiger partial charge is 0.233 e. The van der Waals surface area contributed by atoms with Gasteiger partial charge < -0.3 is 14.4 Å². The predicted molar refractivity (Wildman–Crippen MR) is 127 cm³/mol. The number of aromatic nitrogens is 3. The summed E-state index contributed by atoms with van der Waals surface area (Å²) in [4.78, 5) is 14.8. The normalized spacial score (nSPS) is 17.5. The van der Waals surface area contributed by atoms with Gasteiger partial charge in [0.25, 0.3) is 0 Å². The molecule has 0 unspecified atom stereocenters. The molecule has 3 aromatic rings. The van der Waals surface area contributed by atoms with Crippen molar-refractivity contribution >= 4 is 29.3 Å². The number of carbonyl (C=O) groups is 1. The number of carbonyl (C=O) groups excluding carboxylic acids is 1.